The molecule has 0 amide bonds. The van der Waals surface area contributed by atoms with Gasteiger partial charge in [0.2, 0.25) is 0 Å². The normalized spacial score (nSPS) is 33.7. The first-order chi connectivity index (χ1) is 9.98. The van der Waals surface area contributed by atoms with Crippen LogP contribution in [-0.2, 0) is 4.74 Å². The van der Waals surface area contributed by atoms with Gasteiger partial charge >= 0.3 is 0 Å². The van der Waals surface area contributed by atoms with Crippen molar-refractivity contribution in [2.75, 3.05) is 19.6 Å². The van der Waals surface area contributed by atoms with E-state index in [0.29, 0.717) is 23.8 Å². The Kier molecular flexibility index (Phi) is 6.10. The average Bonchev–Trinajstić information content (AvgIpc) is 2.86. The zero-order chi connectivity index (χ0) is 15.5. The van der Waals surface area contributed by atoms with Crippen LogP contribution in [0.4, 0.5) is 0 Å². The highest BCUT2D eigenvalue weighted by atomic mass is 16.5. The fourth-order valence-electron chi connectivity index (χ4n) is 4.03. The number of ether oxygens (including phenoxy) is 1. The first-order valence-corrected chi connectivity index (χ1v) is 9.12. The third kappa shape index (κ3) is 4.43. The standard InChI is InChI=1S/C18H36N2O/c1-6-18(7-2)13-20(12-17-9-8-15(5)21-17)16(11-19-18)10-14(3)4/h14-17,19H,6-13H2,1-5H3. The predicted octanol–water partition coefficient (Wildman–Crippen LogP) is 3.43. The van der Waals surface area contributed by atoms with Gasteiger partial charge in [-0.2, -0.15) is 0 Å². The van der Waals surface area contributed by atoms with E-state index in [4.69, 9.17) is 4.74 Å². The van der Waals surface area contributed by atoms with Crippen LogP contribution < -0.4 is 5.32 Å². The Balaban J connectivity index is 2.01. The molecule has 3 nitrogen and oxygen atoms in total. The molecule has 0 bridgehead atoms. The fourth-order valence-corrected chi connectivity index (χ4v) is 4.03. The smallest absolute Gasteiger partial charge is 0.0706 e. The highest BCUT2D eigenvalue weighted by Gasteiger charge is 2.38. The Hall–Kier alpha value is -0.120. The van der Waals surface area contributed by atoms with Crippen molar-refractivity contribution in [1.82, 2.24) is 10.2 Å². The van der Waals surface area contributed by atoms with Crippen LogP contribution in [0.25, 0.3) is 0 Å². The second kappa shape index (κ2) is 7.43. The molecule has 0 aromatic rings. The van der Waals surface area contributed by atoms with Gasteiger partial charge in [0.15, 0.2) is 0 Å². The molecule has 2 saturated heterocycles. The van der Waals surface area contributed by atoms with Gasteiger partial charge in [-0.1, -0.05) is 27.7 Å². The van der Waals surface area contributed by atoms with Gasteiger partial charge in [0.05, 0.1) is 12.2 Å². The van der Waals surface area contributed by atoms with E-state index in [1.807, 2.05) is 0 Å². The van der Waals surface area contributed by atoms with Gasteiger partial charge < -0.3 is 10.1 Å². The summed E-state index contributed by atoms with van der Waals surface area (Å²) in [6.45, 7) is 15.0. The van der Waals surface area contributed by atoms with Gasteiger partial charge in [-0.05, 0) is 44.9 Å². The topological polar surface area (TPSA) is 24.5 Å². The summed E-state index contributed by atoms with van der Waals surface area (Å²) in [6.07, 6.45) is 7.12. The van der Waals surface area contributed by atoms with Crippen molar-refractivity contribution in [3.05, 3.63) is 0 Å². The van der Waals surface area contributed by atoms with Gasteiger partial charge in [-0.15, -0.1) is 0 Å². The molecule has 2 rings (SSSR count). The summed E-state index contributed by atoms with van der Waals surface area (Å²) in [5, 5.41) is 3.87. The molecule has 0 spiro atoms. The van der Waals surface area contributed by atoms with Crippen LogP contribution >= 0.6 is 0 Å². The van der Waals surface area contributed by atoms with Crippen molar-refractivity contribution in [2.24, 2.45) is 5.92 Å². The van der Waals surface area contributed by atoms with Crippen molar-refractivity contribution >= 4 is 0 Å². The maximum Gasteiger partial charge on any atom is 0.0706 e. The number of hydrogen-bond donors (Lipinski definition) is 1. The molecular weight excluding hydrogens is 260 g/mol. The minimum Gasteiger partial charge on any atom is -0.374 e. The van der Waals surface area contributed by atoms with Crippen LogP contribution in [0.2, 0.25) is 0 Å². The Labute approximate surface area is 131 Å². The van der Waals surface area contributed by atoms with E-state index >= 15 is 0 Å². The maximum atomic E-state index is 6.09. The largest absolute Gasteiger partial charge is 0.374 e. The van der Waals surface area contributed by atoms with Crippen molar-refractivity contribution in [3.8, 4) is 0 Å². The predicted molar refractivity (Wildman–Crippen MR) is 89.7 cm³/mol. The zero-order valence-corrected chi connectivity index (χ0v) is 14.8. The maximum absolute atomic E-state index is 6.09. The highest BCUT2D eigenvalue weighted by Crippen LogP contribution is 2.28. The molecule has 21 heavy (non-hydrogen) atoms. The second-order valence-corrected chi connectivity index (χ2v) is 7.73. The lowest BCUT2D eigenvalue weighted by atomic mass is 9.86. The van der Waals surface area contributed by atoms with Crippen molar-refractivity contribution in [3.63, 3.8) is 0 Å². The number of piperazine rings is 1. The molecule has 2 fully saturated rings. The van der Waals surface area contributed by atoms with Crippen LogP contribution in [0.5, 0.6) is 0 Å². The number of rotatable bonds is 6. The molecular formula is C18H36N2O. The molecule has 3 unspecified atom stereocenters. The number of nitrogens with one attached hydrogen (secondary N) is 1. The summed E-state index contributed by atoms with van der Waals surface area (Å²) < 4.78 is 6.09. The number of hydrogen-bond acceptors (Lipinski definition) is 3. The minimum atomic E-state index is 0.317. The summed E-state index contributed by atoms with van der Waals surface area (Å²) in [4.78, 5) is 2.74. The molecule has 0 aromatic carbocycles. The summed E-state index contributed by atoms with van der Waals surface area (Å²) in [5.41, 5.74) is 0.317. The third-order valence-electron chi connectivity index (χ3n) is 5.59. The van der Waals surface area contributed by atoms with E-state index in [9.17, 15) is 0 Å². The summed E-state index contributed by atoms with van der Waals surface area (Å²) in [5.74, 6) is 0.762. The molecule has 2 heterocycles. The second-order valence-electron chi connectivity index (χ2n) is 7.73. The first-order valence-electron chi connectivity index (χ1n) is 9.12. The van der Waals surface area contributed by atoms with Crippen LogP contribution in [0.1, 0.15) is 66.7 Å². The van der Waals surface area contributed by atoms with Crippen molar-refractivity contribution < 1.29 is 4.74 Å². The monoisotopic (exact) mass is 296 g/mol. The van der Waals surface area contributed by atoms with Crippen molar-refractivity contribution in [1.29, 1.82) is 0 Å². The summed E-state index contributed by atoms with van der Waals surface area (Å²) >= 11 is 0. The van der Waals surface area contributed by atoms with Gasteiger partial charge in [-0.3, -0.25) is 4.90 Å². The van der Waals surface area contributed by atoms with Crippen LogP contribution in [0.15, 0.2) is 0 Å². The van der Waals surface area contributed by atoms with E-state index in [1.165, 1.54) is 38.6 Å². The van der Waals surface area contributed by atoms with E-state index < -0.39 is 0 Å². The molecule has 3 atom stereocenters. The quantitative estimate of drug-likeness (QED) is 0.812. The lowest BCUT2D eigenvalue weighted by molar-refractivity contribution is -0.00731. The van der Waals surface area contributed by atoms with E-state index in [0.717, 1.165) is 19.0 Å². The third-order valence-corrected chi connectivity index (χ3v) is 5.59. The highest BCUT2D eigenvalue weighted by molar-refractivity contribution is 4.97. The summed E-state index contributed by atoms with van der Waals surface area (Å²) in [7, 11) is 0. The first kappa shape index (κ1) is 17.2. The SMILES string of the molecule is CCC1(CC)CN(CC2CCC(C)O2)C(CC(C)C)CN1. The van der Waals surface area contributed by atoms with E-state index in [-0.39, 0.29) is 0 Å². The molecule has 0 aliphatic carbocycles. The van der Waals surface area contributed by atoms with Crippen LogP contribution in [0.3, 0.4) is 0 Å². The van der Waals surface area contributed by atoms with E-state index in [1.54, 1.807) is 0 Å². The average molecular weight is 296 g/mol. The molecule has 0 aromatic heterocycles. The Morgan fingerprint density at radius 3 is 2.48 bits per heavy atom. The molecule has 2 aliphatic heterocycles. The lowest BCUT2D eigenvalue weighted by Gasteiger charge is -2.48. The number of nitrogens with zero attached hydrogens (tertiary/aromatic N) is 1. The zero-order valence-electron chi connectivity index (χ0n) is 14.8. The Morgan fingerprint density at radius 1 is 1.24 bits per heavy atom. The molecule has 2 aliphatic rings. The molecule has 0 saturated carbocycles. The van der Waals surface area contributed by atoms with Gasteiger partial charge in [0.1, 0.15) is 0 Å². The fraction of sp³-hybridized carbons (Fsp3) is 1.00. The lowest BCUT2D eigenvalue weighted by Crippen LogP contribution is -2.64. The molecule has 0 radical (unpaired) electrons. The van der Waals surface area contributed by atoms with Crippen LogP contribution in [0, 0.1) is 5.92 Å². The molecule has 1 N–H and O–H groups in total. The van der Waals surface area contributed by atoms with Gasteiger partial charge in [0.25, 0.3) is 0 Å². The van der Waals surface area contributed by atoms with Gasteiger partial charge in [0, 0.05) is 31.2 Å². The van der Waals surface area contributed by atoms with E-state index in [2.05, 4.69) is 44.8 Å². The Morgan fingerprint density at radius 2 is 1.95 bits per heavy atom. The van der Waals surface area contributed by atoms with Gasteiger partial charge in [-0.25, -0.2) is 0 Å². The minimum absolute atomic E-state index is 0.317. The van der Waals surface area contributed by atoms with Crippen LogP contribution in [-0.4, -0.2) is 48.3 Å². The van der Waals surface area contributed by atoms with Crippen molar-refractivity contribution in [2.45, 2.75) is 90.5 Å². The summed E-state index contributed by atoms with van der Waals surface area (Å²) in [6, 6.07) is 0.677. The molecule has 124 valence electrons. The molecule has 3 heteroatoms. The Bertz CT molecular complexity index is 314.